The van der Waals surface area contributed by atoms with Gasteiger partial charge in [0.1, 0.15) is 11.6 Å². The van der Waals surface area contributed by atoms with Gasteiger partial charge in [0, 0.05) is 4.90 Å². The van der Waals surface area contributed by atoms with E-state index in [2.05, 4.69) is 15.2 Å². The van der Waals surface area contributed by atoms with Crippen LogP contribution >= 0.6 is 11.8 Å². The van der Waals surface area contributed by atoms with E-state index in [4.69, 9.17) is 0 Å². The second-order valence-electron chi connectivity index (χ2n) is 3.66. The van der Waals surface area contributed by atoms with Gasteiger partial charge in [-0.3, -0.25) is 5.10 Å². The number of rotatable bonds is 3. The van der Waals surface area contributed by atoms with Gasteiger partial charge in [-0.15, -0.1) is 5.10 Å². The van der Waals surface area contributed by atoms with Crippen molar-refractivity contribution in [1.29, 1.82) is 0 Å². The molecule has 0 aliphatic carbocycles. The minimum absolute atomic E-state index is 0.364. The zero-order valence-corrected chi connectivity index (χ0v) is 10.3. The summed E-state index contributed by atoms with van der Waals surface area (Å²) >= 11 is 1.29. The van der Waals surface area contributed by atoms with Gasteiger partial charge in [-0.25, -0.2) is 9.37 Å². The standard InChI is InChI=1S/C11H12FN3OS/c1-6(16)9-5-8(12)3-4-10(9)17-11-13-7(2)14-15-11/h3-6,16H,1-2H3,(H,13,14,15)/t6-/m1/s1. The van der Waals surface area contributed by atoms with Gasteiger partial charge in [-0.1, -0.05) is 0 Å². The molecule has 90 valence electrons. The maximum absolute atomic E-state index is 13.1. The zero-order chi connectivity index (χ0) is 12.4. The summed E-state index contributed by atoms with van der Waals surface area (Å²) in [6.07, 6.45) is -0.728. The maximum atomic E-state index is 13.1. The van der Waals surface area contributed by atoms with Gasteiger partial charge < -0.3 is 5.11 Å². The molecule has 1 heterocycles. The molecule has 0 fully saturated rings. The maximum Gasteiger partial charge on any atom is 0.213 e. The molecule has 4 nitrogen and oxygen atoms in total. The lowest BCUT2D eigenvalue weighted by molar-refractivity contribution is 0.196. The van der Waals surface area contributed by atoms with Crippen molar-refractivity contribution in [1.82, 2.24) is 15.2 Å². The fourth-order valence-electron chi connectivity index (χ4n) is 1.40. The molecule has 0 saturated carbocycles. The molecule has 1 aromatic heterocycles. The van der Waals surface area contributed by atoms with Crippen LogP contribution in [-0.4, -0.2) is 20.3 Å². The highest BCUT2D eigenvalue weighted by molar-refractivity contribution is 7.99. The van der Waals surface area contributed by atoms with Crippen LogP contribution in [-0.2, 0) is 0 Å². The number of nitrogens with one attached hydrogen (secondary N) is 1. The van der Waals surface area contributed by atoms with E-state index in [1.54, 1.807) is 19.9 Å². The Bertz CT molecular complexity index is 527. The van der Waals surface area contributed by atoms with E-state index in [1.165, 1.54) is 23.9 Å². The highest BCUT2D eigenvalue weighted by Crippen LogP contribution is 2.31. The monoisotopic (exact) mass is 253 g/mol. The van der Waals surface area contributed by atoms with Crippen LogP contribution < -0.4 is 0 Å². The first-order valence-corrected chi connectivity index (χ1v) is 5.92. The van der Waals surface area contributed by atoms with Crippen LogP contribution in [0.4, 0.5) is 4.39 Å². The van der Waals surface area contributed by atoms with Crippen molar-refractivity contribution < 1.29 is 9.50 Å². The molecule has 0 radical (unpaired) electrons. The normalized spacial score (nSPS) is 12.7. The Morgan fingerprint density at radius 1 is 1.47 bits per heavy atom. The molecular weight excluding hydrogens is 241 g/mol. The van der Waals surface area contributed by atoms with E-state index < -0.39 is 6.10 Å². The van der Waals surface area contributed by atoms with Gasteiger partial charge in [0.15, 0.2) is 0 Å². The third-order valence-electron chi connectivity index (χ3n) is 2.20. The Hall–Kier alpha value is -1.40. The number of aliphatic hydroxyl groups is 1. The number of aromatic amines is 1. The molecule has 2 rings (SSSR count). The summed E-state index contributed by atoms with van der Waals surface area (Å²) in [5.74, 6) is 0.352. The van der Waals surface area contributed by atoms with Crippen molar-refractivity contribution in [2.24, 2.45) is 0 Å². The first-order chi connectivity index (χ1) is 8.06. The van der Waals surface area contributed by atoms with Gasteiger partial charge >= 0.3 is 0 Å². The number of aryl methyl sites for hydroxylation is 1. The third-order valence-corrected chi connectivity index (χ3v) is 3.16. The molecule has 0 unspecified atom stereocenters. The molecule has 0 aliphatic rings. The van der Waals surface area contributed by atoms with Gasteiger partial charge in [0.2, 0.25) is 5.16 Å². The molecular formula is C11H12FN3OS. The molecule has 0 amide bonds. The second kappa shape index (κ2) is 4.85. The van der Waals surface area contributed by atoms with E-state index in [1.807, 2.05) is 0 Å². The summed E-state index contributed by atoms with van der Waals surface area (Å²) in [4.78, 5) is 4.90. The lowest BCUT2D eigenvalue weighted by Crippen LogP contribution is -1.95. The minimum Gasteiger partial charge on any atom is -0.389 e. The summed E-state index contributed by atoms with van der Waals surface area (Å²) in [6.45, 7) is 3.40. The van der Waals surface area contributed by atoms with Crippen molar-refractivity contribution in [2.75, 3.05) is 0 Å². The lowest BCUT2D eigenvalue weighted by Gasteiger charge is -2.09. The first kappa shape index (κ1) is 12.1. The molecule has 2 N–H and O–H groups in total. The number of benzene rings is 1. The van der Waals surface area contributed by atoms with Crippen molar-refractivity contribution in [2.45, 2.75) is 30.0 Å². The highest BCUT2D eigenvalue weighted by atomic mass is 32.2. The Morgan fingerprint density at radius 2 is 2.24 bits per heavy atom. The number of H-pyrrole nitrogens is 1. The number of hydrogen-bond acceptors (Lipinski definition) is 4. The fourth-order valence-corrected chi connectivity index (χ4v) is 2.36. The Balaban J connectivity index is 2.32. The number of aliphatic hydroxyl groups excluding tert-OH is 1. The highest BCUT2D eigenvalue weighted by Gasteiger charge is 2.12. The van der Waals surface area contributed by atoms with Gasteiger partial charge in [-0.05, 0) is 49.4 Å². The average Bonchev–Trinajstić information content (AvgIpc) is 2.66. The molecule has 2 aromatic rings. The van der Waals surface area contributed by atoms with Gasteiger partial charge in [-0.2, -0.15) is 0 Å². The number of nitrogens with zero attached hydrogens (tertiary/aromatic N) is 2. The van der Waals surface area contributed by atoms with E-state index in [-0.39, 0.29) is 5.82 Å². The summed E-state index contributed by atoms with van der Waals surface area (Å²) in [7, 11) is 0. The largest absolute Gasteiger partial charge is 0.389 e. The van der Waals surface area contributed by atoms with Crippen LogP contribution in [0, 0.1) is 12.7 Å². The summed E-state index contributed by atoms with van der Waals surface area (Å²) in [5, 5.41) is 16.9. The van der Waals surface area contributed by atoms with Crippen molar-refractivity contribution in [3.05, 3.63) is 35.4 Å². The summed E-state index contributed by atoms with van der Waals surface area (Å²) in [6, 6.07) is 4.30. The van der Waals surface area contributed by atoms with Crippen LogP contribution in [0.5, 0.6) is 0 Å². The van der Waals surface area contributed by atoms with Crippen LogP contribution in [0.15, 0.2) is 28.3 Å². The smallest absolute Gasteiger partial charge is 0.213 e. The molecule has 6 heteroatoms. The lowest BCUT2D eigenvalue weighted by atomic mass is 10.1. The average molecular weight is 253 g/mol. The molecule has 1 aromatic carbocycles. The van der Waals surface area contributed by atoms with Crippen LogP contribution in [0.1, 0.15) is 24.4 Å². The van der Waals surface area contributed by atoms with Crippen molar-refractivity contribution in [3.8, 4) is 0 Å². The quantitative estimate of drug-likeness (QED) is 0.882. The fraction of sp³-hybridized carbons (Fsp3) is 0.273. The van der Waals surface area contributed by atoms with Gasteiger partial charge in [0.25, 0.3) is 0 Å². The number of hydrogen-bond donors (Lipinski definition) is 2. The Labute approximate surface area is 102 Å². The molecule has 0 spiro atoms. The predicted octanol–water partition coefficient (Wildman–Crippen LogP) is 2.46. The molecule has 0 aliphatic heterocycles. The SMILES string of the molecule is Cc1nc(Sc2ccc(F)cc2[C@@H](C)O)n[nH]1. The third kappa shape index (κ3) is 2.83. The summed E-state index contributed by atoms with van der Waals surface area (Å²) in [5.41, 5.74) is 0.539. The van der Waals surface area contributed by atoms with Crippen molar-refractivity contribution in [3.63, 3.8) is 0 Å². The first-order valence-electron chi connectivity index (χ1n) is 5.10. The second-order valence-corrected chi connectivity index (χ2v) is 4.67. The zero-order valence-electron chi connectivity index (χ0n) is 9.44. The minimum atomic E-state index is -0.728. The van der Waals surface area contributed by atoms with Crippen LogP contribution in [0.3, 0.4) is 0 Å². The van der Waals surface area contributed by atoms with E-state index in [0.29, 0.717) is 16.5 Å². The molecule has 17 heavy (non-hydrogen) atoms. The van der Waals surface area contributed by atoms with Crippen LogP contribution in [0.2, 0.25) is 0 Å². The molecule has 1 atom stereocenters. The number of halogens is 1. The van der Waals surface area contributed by atoms with E-state index in [9.17, 15) is 9.50 Å². The number of aromatic nitrogens is 3. The van der Waals surface area contributed by atoms with Crippen molar-refractivity contribution >= 4 is 11.8 Å². The molecule has 0 saturated heterocycles. The van der Waals surface area contributed by atoms with Crippen LogP contribution in [0.25, 0.3) is 0 Å². The predicted molar refractivity (Wildman–Crippen MR) is 62.3 cm³/mol. The summed E-state index contributed by atoms with van der Waals surface area (Å²) < 4.78 is 13.1. The van der Waals surface area contributed by atoms with E-state index in [0.717, 1.165) is 4.90 Å². The van der Waals surface area contributed by atoms with E-state index >= 15 is 0 Å². The Morgan fingerprint density at radius 3 is 2.82 bits per heavy atom. The Kier molecular flexibility index (Phi) is 3.44. The molecule has 0 bridgehead atoms. The van der Waals surface area contributed by atoms with Gasteiger partial charge in [0.05, 0.1) is 6.10 Å². The topological polar surface area (TPSA) is 61.8 Å².